The summed E-state index contributed by atoms with van der Waals surface area (Å²) in [6, 6.07) is 10.4. The zero-order chi connectivity index (χ0) is 16.5. The molecule has 23 heavy (non-hydrogen) atoms. The van der Waals surface area contributed by atoms with E-state index in [9.17, 15) is 9.59 Å². The van der Waals surface area contributed by atoms with Crippen LogP contribution in [0.25, 0.3) is 0 Å². The summed E-state index contributed by atoms with van der Waals surface area (Å²) >= 11 is 7.16. The Kier molecular flexibility index (Phi) is 6.90. The van der Waals surface area contributed by atoms with E-state index in [1.807, 2.05) is 11.4 Å². The van der Waals surface area contributed by atoms with Gasteiger partial charge in [0.25, 0.3) is 11.8 Å². The summed E-state index contributed by atoms with van der Waals surface area (Å²) in [4.78, 5) is 24.0. The normalized spacial score (nSPS) is 10.1. The third-order valence-corrected chi connectivity index (χ3v) is 4.01. The highest BCUT2D eigenvalue weighted by atomic mass is 35.5. The number of carbonyl (C=O) groups is 2. The Morgan fingerprint density at radius 3 is 2.52 bits per heavy atom. The molecule has 0 unspecified atom stereocenters. The first-order chi connectivity index (χ1) is 11.1. The van der Waals surface area contributed by atoms with Crippen LogP contribution in [0.5, 0.6) is 5.75 Å². The van der Waals surface area contributed by atoms with Crippen molar-refractivity contribution in [3.05, 3.63) is 51.7 Å². The van der Waals surface area contributed by atoms with Crippen molar-refractivity contribution in [3.63, 3.8) is 0 Å². The molecule has 5 nitrogen and oxygen atoms in total. The van der Waals surface area contributed by atoms with Gasteiger partial charge in [-0.3, -0.25) is 9.59 Å². The third kappa shape index (κ3) is 6.30. The maximum atomic E-state index is 11.7. The summed E-state index contributed by atoms with van der Waals surface area (Å²) in [7, 11) is 0. The molecule has 7 heteroatoms. The zero-order valence-electron chi connectivity index (χ0n) is 12.4. The SMILES string of the molecule is O=C(COc1ccc(Cl)cc1)NCCCNC(=O)c1cccs1. The Bertz CT molecular complexity index is 629. The zero-order valence-corrected chi connectivity index (χ0v) is 14.0. The Morgan fingerprint density at radius 1 is 1.09 bits per heavy atom. The topological polar surface area (TPSA) is 67.4 Å². The fourth-order valence-electron chi connectivity index (χ4n) is 1.74. The minimum Gasteiger partial charge on any atom is -0.484 e. The lowest BCUT2D eigenvalue weighted by atomic mass is 10.3. The summed E-state index contributed by atoms with van der Waals surface area (Å²) in [5, 5.41) is 8.01. The molecule has 1 heterocycles. The lowest BCUT2D eigenvalue weighted by Gasteiger charge is -2.08. The van der Waals surface area contributed by atoms with Gasteiger partial charge >= 0.3 is 0 Å². The lowest BCUT2D eigenvalue weighted by molar-refractivity contribution is -0.123. The number of hydrogen-bond acceptors (Lipinski definition) is 4. The second-order valence-corrected chi connectivity index (χ2v) is 6.06. The van der Waals surface area contributed by atoms with Gasteiger partial charge in [-0.1, -0.05) is 17.7 Å². The number of benzene rings is 1. The molecule has 0 radical (unpaired) electrons. The van der Waals surface area contributed by atoms with E-state index in [-0.39, 0.29) is 18.4 Å². The molecule has 0 fully saturated rings. The fourth-order valence-corrected chi connectivity index (χ4v) is 2.51. The van der Waals surface area contributed by atoms with Crippen molar-refractivity contribution in [1.82, 2.24) is 10.6 Å². The molecule has 2 rings (SSSR count). The van der Waals surface area contributed by atoms with E-state index in [1.165, 1.54) is 11.3 Å². The number of rotatable bonds is 8. The van der Waals surface area contributed by atoms with Gasteiger partial charge in [-0.25, -0.2) is 0 Å². The van der Waals surface area contributed by atoms with Crippen molar-refractivity contribution in [2.75, 3.05) is 19.7 Å². The maximum Gasteiger partial charge on any atom is 0.261 e. The first kappa shape index (κ1) is 17.3. The average molecular weight is 353 g/mol. The molecular formula is C16H17ClN2O3S. The predicted octanol–water partition coefficient (Wildman–Crippen LogP) is 2.72. The van der Waals surface area contributed by atoms with Crippen LogP contribution in [0.2, 0.25) is 5.02 Å². The molecule has 2 amide bonds. The first-order valence-electron chi connectivity index (χ1n) is 7.12. The van der Waals surface area contributed by atoms with Gasteiger partial charge in [-0.05, 0) is 42.1 Å². The van der Waals surface area contributed by atoms with Crippen LogP contribution in [0, 0.1) is 0 Å². The number of hydrogen-bond donors (Lipinski definition) is 2. The van der Waals surface area contributed by atoms with E-state index in [0.717, 1.165) is 0 Å². The van der Waals surface area contributed by atoms with Gasteiger partial charge in [-0.15, -0.1) is 11.3 Å². The van der Waals surface area contributed by atoms with Gasteiger partial charge in [0.15, 0.2) is 6.61 Å². The van der Waals surface area contributed by atoms with Crippen LogP contribution in [-0.4, -0.2) is 31.5 Å². The molecule has 0 aliphatic rings. The fraction of sp³-hybridized carbons (Fsp3) is 0.250. The summed E-state index contributed by atoms with van der Waals surface area (Å²) in [6.07, 6.45) is 0.657. The molecule has 2 N–H and O–H groups in total. The second kappa shape index (κ2) is 9.17. The van der Waals surface area contributed by atoms with Crippen LogP contribution in [-0.2, 0) is 4.79 Å². The van der Waals surface area contributed by atoms with Crippen molar-refractivity contribution in [3.8, 4) is 5.75 Å². The average Bonchev–Trinajstić information content (AvgIpc) is 3.08. The summed E-state index contributed by atoms with van der Waals surface area (Å²) in [6.45, 7) is 0.936. The quantitative estimate of drug-likeness (QED) is 0.718. The monoisotopic (exact) mass is 352 g/mol. The van der Waals surface area contributed by atoms with Crippen molar-refractivity contribution < 1.29 is 14.3 Å². The minimum absolute atomic E-state index is 0.0524. The molecule has 1 aromatic heterocycles. The smallest absolute Gasteiger partial charge is 0.261 e. The summed E-state index contributed by atoms with van der Waals surface area (Å²) in [5.41, 5.74) is 0. The minimum atomic E-state index is -0.204. The number of thiophene rings is 1. The Balaban J connectivity index is 1.54. The predicted molar refractivity (Wildman–Crippen MR) is 91.2 cm³/mol. The number of halogens is 1. The summed E-state index contributed by atoms with van der Waals surface area (Å²) in [5.74, 6) is 0.301. The molecule has 122 valence electrons. The van der Waals surface area contributed by atoms with E-state index in [1.54, 1.807) is 30.3 Å². The number of carbonyl (C=O) groups excluding carboxylic acids is 2. The molecule has 2 aromatic rings. The van der Waals surface area contributed by atoms with Crippen LogP contribution >= 0.6 is 22.9 Å². The highest BCUT2D eigenvalue weighted by Gasteiger charge is 2.05. The van der Waals surface area contributed by atoms with Crippen LogP contribution in [0.3, 0.4) is 0 Å². The van der Waals surface area contributed by atoms with Crippen LogP contribution in [0.1, 0.15) is 16.1 Å². The van der Waals surface area contributed by atoms with Crippen molar-refractivity contribution >= 4 is 34.8 Å². The van der Waals surface area contributed by atoms with Gasteiger partial charge in [0, 0.05) is 18.1 Å². The highest BCUT2D eigenvalue weighted by molar-refractivity contribution is 7.12. The second-order valence-electron chi connectivity index (χ2n) is 4.68. The number of nitrogens with one attached hydrogen (secondary N) is 2. The van der Waals surface area contributed by atoms with E-state index in [0.29, 0.717) is 35.2 Å². The van der Waals surface area contributed by atoms with Gasteiger partial charge < -0.3 is 15.4 Å². The molecule has 0 saturated carbocycles. The van der Waals surface area contributed by atoms with Gasteiger partial charge in [0.05, 0.1) is 4.88 Å². The number of amides is 2. The number of ether oxygens (including phenoxy) is 1. The van der Waals surface area contributed by atoms with Crippen molar-refractivity contribution in [2.45, 2.75) is 6.42 Å². The van der Waals surface area contributed by atoms with Crippen molar-refractivity contribution in [2.24, 2.45) is 0 Å². The largest absolute Gasteiger partial charge is 0.484 e. The van der Waals surface area contributed by atoms with Gasteiger partial charge in [0.2, 0.25) is 0 Å². The Hall–Kier alpha value is -2.05. The Morgan fingerprint density at radius 2 is 1.83 bits per heavy atom. The molecular weight excluding hydrogens is 336 g/mol. The molecule has 1 aromatic carbocycles. The summed E-state index contributed by atoms with van der Waals surface area (Å²) < 4.78 is 5.33. The maximum absolute atomic E-state index is 11.7. The van der Waals surface area contributed by atoms with Crippen molar-refractivity contribution in [1.29, 1.82) is 0 Å². The molecule has 0 aliphatic carbocycles. The molecule has 0 saturated heterocycles. The van der Waals surface area contributed by atoms with Crippen LogP contribution < -0.4 is 15.4 Å². The molecule has 0 spiro atoms. The molecule has 0 aliphatic heterocycles. The standard InChI is InChI=1S/C16H17ClN2O3S/c17-12-4-6-13(7-5-12)22-11-15(20)18-8-2-9-19-16(21)14-3-1-10-23-14/h1,3-7,10H,2,8-9,11H2,(H,18,20)(H,19,21). The van der Waals surface area contributed by atoms with Crippen LogP contribution in [0.15, 0.2) is 41.8 Å². The van der Waals surface area contributed by atoms with E-state index in [2.05, 4.69) is 10.6 Å². The first-order valence-corrected chi connectivity index (χ1v) is 8.37. The van der Waals surface area contributed by atoms with Gasteiger partial charge in [-0.2, -0.15) is 0 Å². The third-order valence-electron chi connectivity index (χ3n) is 2.89. The highest BCUT2D eigenvalue weighted by Crippen LogP contribution is 2.15. The van der Waals surface area contributed by atoms with E-state index < -0.39 is 0 Å². The molecule has 0 atom stereocenters. The van der Waals surface area contributed by atoms with Gasteiger partial charge in [0.1, 0.15) is 5.75 Å². The Labute approximate surface area is 143 Å². The molecule has 0 bridgehead atoms. The lowest BCUT2D eigenvalue weighted by Crippen LogP contribution is -2.32. The van der Waals surface area contributed by atoms with E-state index in [4.69, 9.17) is 16.3 Å². The van der Waals surface area contributed by atoms with E-state index >= 15 is 0 Å². The van der Waals surface area contributed by atoms with Crippen LogP contribution in [0.4, 0.5) is 0 Å².